The molecule has 0 bridgehead atoms. The van der Waals surface area contributed by atoms with E-state index < -0.39 is 12.0 Å². The second-order valence-corrected chi connectivity index (χ2v) is 7.43. The zero-order valence-corrected chi connectivity index (χ0v) is 17.9. The van der Waals surface area contributed by atoms with E-state index in [9.17, 15) is 14.4 Å². The molecule has 0 saturated heterocycles. The van der Waals surface area contributed by atoms with Gasteiger partial charge >= 0.3 is 12.0 Å². The first-order valence-electron chi connectivity index (χ1n) is 9.66. The number of aryl methyl sites for hydroxylation is 3. The van der Waals surface area contributed by atoms with Gasteiger partial charge in [0.25, 0.3) is 0 Å². The Balaban J connectivity index is 2.10. The van der Waals surface area contributed by atoms with Crippen LogP contribution in [0.25, 0.3) is 0 Å². The van der Waals surface area contributed by atoms with E-state index in [1.54, 1.807) is 25.8 Å². The molecule has 29 heavy (non-hydrogen) atoms. The van der Waals surface area contributed by atoms with E-state index in [1.165, 1.54) is 0 Å². The minimum Gasteiger partial charge on any atom is -0.463 e. The molecule has 8 heteroatoms. The van der Waals surface area contributed by atoms with E-state index in [4.69, 9.17) is 4.74 Å². The molecular weight excluding hydrogens is 372 g/mol. The van der Waals surface area contributed by atoms with Crippen LogP contribution in [0.3, 0.4) is 0 Å². The standard InChI is InChI=1S/C21H30N4O4/c1-7-29-20(27)18-15(5)22-21(28)23-16(18)10-25(6)11-17(26)24-19-13(3)8-12(2)9-14(19)4/h8-9,15H,7,10-11H2,1-6H3,(H,24,26)(H2,22,23,28). The van der Waals surface area contributed by atoms with E-state index in [0.717, 1.165) is 22.4 Å². The topological polar surface area (TPSA) is 99.8 Å². The first kappa shape index (κ1) is 22.4. The van der Waals surface area contributed by atoms with Gasteiger partial charge in [-0.15, -0.1) is 0 Å². The van der Waals surface area contributed by atoms with Crippen molar-refractivity contribution in [3.8, 4) is 0 Å². The molecule has 2 rings (SSSR count). The third-order valence-corrected chi connectivity index (χ3v) is 4.65. The summed E-state index contributed by atoms with van der Waals surface area (Å²) in [5, 5.41) is 8.28. The van der Waals surface area contributed by atoms with Gasteiger partial charge in [-0.05, 0) is 52.8 Å². The number of hydrogen-bond acceptors (Lipinski definition) is 5. The molecule has 3 amide bonds. The summed E-state index contributed by atoms with van der Waals surface area (Å²) in [6.07, 6.45) is 0. The Labute approximate surface area is 171 Å². The van der Waals surface area contributed by atoms with Crippen molar-refractivity contribution in [2.24, 2.45) is 0 Å². The summed E-state index contributed by atoms with van der Waals surface area (Å²) < 4.78 is 5.11. The Kier molecular flexibility index (Phi) is 7.39. The molecule has 1 atom stereocenters. The molecule has 0 radical (unpaired) electrons. The van der Waals surface area contributed by atoms with Crippen molar-refractivity contribution in [1.82, 2.24) is 15.5 Å². The summed E-state index contributed by atoms with van der Waals surface area (Å²) >= 11 is 0. The maximum Gasteiger partial charge on any atom is 0.337 e. The Morgan fingerprint density at radius 3 is 2.41 bits per heavy atom. The molecule has 1 heterocycles. The largest absolute Gasteiger partial charge is 0.463 e. The molecule has 1 aliphatic rings. The number of nitrogens with zero attached hydrogens (tertiary/aromatic N) is 1. The lowest BCUT2D eigenvalue weighted by Gasteiger charge is -2.28. The van der Waals surface area contributed by atoms with Gasteiger partial charge in [-0.2, -0.15) is 0 Å². The predicted molar refractivity (Wildman–Crippen MR) is 112 cm³/mol. The fraction of sp³-hybridized carbons (Fsp3) is 0.476. The van der Waals surface area contributed by atoms with E-state index >= 15 is 0 Å². The number of rotatable bonds is 7. The molecule has 3 N–H and O–H groups in total. The van der Waals surface area contributed by atoms with Gasteiger partial charge in [-0.25, -0.2) is 9.59 Å². The minimum absolute atomic E-state index is 0.101. The van der Waals surface area contributed by atoms with Crippen LogP contribution in [0.2, 0.25) is 0 Å². The molecule has 1 aliphatic heterocycles. The lowest BCUT2D eigenvalue weighted by atomic mass is 10.0. The average molecular weight is 402 g/mol. The number of likely N-dealkylation sites (N-methyl/N-ethyl adjacent to an activating group) is 1. The lowest BCUT2D eigenvalue weighted by molar-refractivity contribution is -0.139. The van der Waals surface area contributed by atoms with Crippen molar-refractivity contribution in [3.63, 3.8) is 0 Å². The zero-order valence-electron chi connectivity index (χ0n) is 17.9. The highest BCUT2D eigenvalue weighted by Gasteiger charge is 2.30. The number of carbonyl (C=O) groups is 3. The van der Waals surface area contributed by atoms with Crippen LogP contribution in [-0.2, 0) is 14.3 Å². The number of carbonyl (C=O) groups excluding carboxylic acids is 3. The third-order valence-electron chi connectivity index (χ3n) is 4.65. The number of esters is 1. The number of hydrogen-bond donors (Lipinski definition) is 3. The number of ether oxygens (including phenoxy) is 1. The fourth-order valence-corrected chi connectivity index (χ4v) is 3.53. The minimum atomic E-state index is -0.480. The quantitative estimate of drug-likeness (QED) is 0.606. The Hall–Kier alpha value is -2.87. The summed E-state index contributed by atoms with van der Waals surface area (Å²) in [6, 6.07) is 3.19. The molecule has 1 aromatic rings. The molecular formula is C21H30N4O4. The van der Waals surface area contributed by atoms with Gasteiger partial charge < -0.3 is 20.7 Å². The van der Waals surface area contributed by atoms with Gasteiger partial charge in [0.2, 0.25) is 5.91 Å². The molecule has 1 aromatic carbocycles. The van der Waals surface area contributed by atoms with E-state index in [-0.39, 0.29) is 31.6 Å². The van der Waals surface area contributed by atoms with Crippen molar-refractivity contribution in [2.75, 3.05) is 32.1 Å². The number of benzene rings is 1. The molecule has 0 spiro atoms. The van der Waals surface area contributed by atoms with Crippen LogP contribution in [-0.4, -0.2) is 55.6 Å². The number of anilines is 1. The van der Waals surface area contributed by atoms with Crippen molar-refractivity contribution >= 4 is 23.6 Å². The predicted octanol–water partition coefficient (Wildman–Crippen LogP) is 2.00. The molecule has 158 valence electrons. The third kappa shape index (κ3) is 5.80. The normalized spacial score (nSPS) is 16.4. The Morgan fingerprint density at radius 1 is 1.21 bits per heavy atom. The highest BCUT2D eigenvalue weighted by molar-refractivity contribution is 5.95. The van der Waals surface area contributed by atoms with E-state index in [2.05, 4.69) is 16.0 Å². The Morgan fingerprint density at radius 2 is 1.83 bits per heavy atom. The highest BCUT2D eigenvalue weighted by atomic mass is 16.5. The molecule has 0 aliphatic carbocycles. The summed E-state index contributed by atoms with van der Waals surface area (Å²) in [4.78, 5) is 38.4. The van der Waals surface area contributed by atoms with Crippen LogP contribution >= 0.6 is 0 Å². The smallest absolute Gasteiger partial charge is 0.337 e. The van der Waals surface area contributed by atoms with Crippen LogP contribution in [0, 0.1) is 20.8 Å². The molecule has 8 nitrogen and oxygen atoms in total. The van der Waals surface area contributed by atoms with Crippen LogP contribution in [0.15, 0.2) is 23.4 Å². The van der Waals surface area contributed by atoms with Gasteiger partial charge in [0.15, 0.2) is 0 Å². The number of amides is 3. The second-order valence-electron chi connectivity index (χ2n) is 7.43. The van der Waals surface area contributed by atoms with Gasteiger partial charge in [0, 0.05) is 17.9 Å². The molecule has 0 fully saturated rings. The van der Waals surface area contributed by atoms with Gasteiger partial charge in [-0.1, -0.05) is 17.7 Å². The fourth-order valence-electron chi connectivity index (χ4n) is 3.53. The zero-order chi connectivity index (χ0) is 21.7. The first-order valence-corrected chi connectivity index (χ1v) is 9.66. The molecule has 0 saturated carbocycles. The summed E-state index contributed by atoms with van der Waals surface area (Å²) in [5.74, 6) is -0.652. The van der Waals surface area contributed by atoms with Crippen molar-refractivity contribution in [2.45, 2.75) is 40.7 Å². The summed E-state index contributed by atoms with van der Waals surface area (Å²) in [5.41, 5.74) is 4.77. The van der Waals surface area contributed by atoms with Crippen LogP contribution in [0.1, 0.15) is 30.5 Å². The Bertz CT molecular complexity index is 824. The van der Waals surface area contributed by atoms with Gasteiger partial charge in [0.05, 0.1) is 24.8 Å². The lowest BCUT2D eigenvalue weighted by Crippen LogP contribution is -2.51. The van der Waals surface area contributed by atoms with Gasteiger partial charge in [-0.3, -0.25) is 9.69 Å². The van der Waals surface area contributed by atoms with Crippen molar-refractivity contribution in [3.05, 3.63) is 40.1 Å². The van der Waals surface area contributed by atoms with E-state index in [1.807, 2.05) is 32.9 Å². The number of urea groups is 1. The maximum absolute atomic E-state index is 12.5. The molecule has 1 unspecified atom stereocenters. The SMILES string of the molecule is CCOC(=O)C1=C(CN(C)CC(=O)Nc2c(C)cc(C)cc2C)NC(=O)NC1C. The second kappa shape index (κ2) is 9.56. The maximum atomic E-state index is 12.5. The van der Waals surface area contributed by atoms with Crippen molar-refractivity contribution in [1.29, 1.82) is 0 Å². The molecule has 0 aromatic heterocycles. The van der Waals surface area contributed by atoms with E-state index in [0.29, 0.717) is 11.3 Å². The van der Waals surface area contributed by atoms with Crippen molar-refractivity contribution < 1.29 is 19.1 Å². The van der Waals surface area contributed by atoms with Crippen LogP contribution in [0.4, 0.5) is 10.5 Å². The average Bonchev–Trinajstić information content (AvgIpc) is 2.57. The highest BCUT2D eigenvalue weighted by Crippen LogP contribution is 2.22. The summed E-state index contributed by atoms with van der Waals surface area (Å²) in [7, 11) is 1.75. The van der Waals surface area contributed by atoms with Crippen LogP contribution in [0.5, 0.6) is 0 Å². The van der Waals surface area contributed by atoms with Crippen LogP contribution < -0.4 is 16.0 Å². The monoisotopic (exact) mass is 402 g/mol. The number of nitrogens with one attached hydrogen (secondary N) is 3. The van der Waals surface area contributed by atoms with Gasteiger partial charge in [0.1, 0.15) is 0 Å². The summed E-state index contributed by atoms with van der Waals surface area (Å²) in [6.45, 7) is 9.95. The first-order chi connectivity index (χ1) is 13.6.